The number of rotatable bonds is 9. The molecule has 10 nitrogen and oxygen atoms in total. The molecule has 0 unspecified atom stereocenters. The minimum Gasteiger partial charge on any atom is -0.364 e. The fraction of sp³-hybridized carbons (Fsp3) is 0.455. The number of nitrogens with two attached hydrogens (primary N) is 1. The van der Waals surface area contributed by atoms with Crippen molar-refractivity contribution >= 4 is 33.5 Å². The molecule has 2 aliphatic carbocycles. The van der Waals surface area contributed by atoms with Crippen LogP contribution in [0.4, 0.5) is 5.82 Å². The Morgan fingerprint density at radius 3 is 2.82 bits per heavy atom. The van der Waals surface area contributed by atoms with E-state index in [1.54, 1.807) is 10.7 Å². The van der Waals surface area contributed by atoms with Crippen LogP contribution in [0.2, 0.25) is 0 Å². The van der Waals surface area contributed by atoms with Crippen molar-refractivity contribution in [3.8, 4) is 11.3 Å². The van der Waals surface area contributed by atoms with Crippen molar-refractivity contribution < 1.29 is 22.4 Å². The lowest BCUT2D eigenvalue weighted by molar-refractivity contribution is -0.463. The van der Waals surface area contributed by atoms with Gasteiger partial charge in [0.15, 0.2) is 5.65 Å². The summed E-state index contributed by atoms with van der Waals surface area (Å²) in [5, 5.41) is 13.3. The van der Waals surface area contributed by atoms with E-state index in [4.69, 9.17) is 24.2 Å². The van der Waals surface area contributed by atoms with Crippen LogP contribution < -0.4 is 10.5 Å². The molecule has 3 N–H and O–H groups in total. The van der Waals surface area contributed by atoms with Crippen LogP contribution in [0.15, 0.2) is 47.5 Å². The summed E-state index contributed by atoms with van der Waals surface area (Å²) < 4.78 is 28.9. The van der Waals surface area contributed by atoms with Crippen molar-refractivity contribution in [1.29, 1.82) is 0 Å². The van der Waals surface area contributed by atoms with E-state index in [9.17, 15) is 8.42 Å². The molecule has 0 spiro atoms. The fourth-order valence-corrected chi connectivity index (χ4v) is 6.00. The molecule has 0 radical (unpaired) electrons. The average Bonchev–Trinajstić information content (AvgIpc) is 3.45. The molecule has 1 aliphatic heterocycles. The van der Waals surface area contributed by atoms with Crippen LogP contribution in [0.25, 0.3) is 16.9 Å². The maximum atomic E-state index is 11.2. The Balaban J connectivity index is 1.20. The lowest BCUT2D eigenvalue weighted by atomic mass is 10.1. The molecular weight excluding hydrogens is 478 g/mol. The summed E-state index contributed by atoms with van der Waals surface area (Å²) in [6.07, 6.45) is 4.56. The highest BCUT2D eigenvalue weighted by Crippen LogP contribution is 2.40. The maximum absolute atomic E-state index is 11.2. The highest BCUT2D eigenvalue weighted by atomic mass is 32.2. The van der Waals surface area contributed by atoms with E-state index in [1.807, 2.05) is 23.9 Å². The van der Waals surface area contributed by atoms with Crippen LogP contribution in [0.5, 0.6) is 0 Å². The number of nitrogens with one attached hydrogen (secondary N) is 1. The minimum absolute atomic E-state index is 0.0473. The molecule has 3 aliphatic rings. The van der Waals surface area contributed by atoms with E-state index in [1.165, 1.54) is 23.5 Å². The molecule has 4 atom stereocenters. The molecule has 6 rings (SSSR count). The van der Waals surface area contributed by atoms with Gasteiger partial charge in [-0.25, -0.2) is 19.9 Å². The fourth-order valence-electron chi connectivity index (χ4n) is 4.49. The molecule has 2 aromatic heterocycles. The number of anilines is 1. The van der Waals surface area contributed by atoms with Crippen LogP contribution >= 0.6 is 11.8 Å². The topological polar surface area (TPSA) is 130 Å². The Bertz CT molecular complexity index is 1310. The molecule has 0 bridgehead atoms. The van der Waals surface area contributed by atoms with E-state index >= 15 is 0 Å². The van der Waals surface area contributed by atoms with Crippen LogP contribution in [0.3, 0.4) is 0 Å². The zero-order valence-electron chi connectivity index (χ0n) is 18.2. The largest absolute Gasteiger partial charge is 0.364 e. The van der Waals surface area contributed by atoms with Gasteiger partial charge < -0.3 is 5.32 Å². The van der Waals surface area contributed by atoms with Gasteiger partial charge in [-0.05, 0) is 43.4 Å². The number of thioether (sulfide) groups is 1. The smallest absolute Gasteiger partial charge is 0.333 e. The minimum atomic E-state index is -4.01. The van der Waals surface area contributed by atoms with E-state index < -0.39 is 10.3 Å². The predicted molar refractivity (Wildman–Crippen MR) is 126 cm³/mol. The zero-order chi connectivity index (χ0) is 23.3. The van der Waals surface area contributed by atoms with Crippen molar-refractivity contribution in [1.82, 2.24) is 14.6 Å². The van der Waals surface area contributed by atoms with Crippen LogP contribution in [-0.4, -0.2) is 53.6 Å². The van der Waals surface area contributed by atoms with Gasteiger partial charge in [0.1, 0.15) is 18.0 Å². The summed E-state index contributed by atoms with van der Waals surface area (Å²) in [5.74, 6) is 2.65. The quantitative estimate of drug-likeness (QED) is 0.334. The third-order valence-corrected chi connectivity index (χ3v) is 8.16. The summed E-state index contributed by atoms with van der Waals surface area (Å²) in [6.45, 7) is -0.0473. The SMILES string of the molecule is NS(=O)(=O)OC[C@H]1C[C@@H](Nc2ccnc3cc(-c4cccc(SCC5CC5)c4)nn23)[C@@H]2OO[C@H]12. The van der Waals surface area contributed by atoms with Gasteiger partial charge in [0.25, 0.3) is 0 Å². The average molecular weight is 504 g/mol. The van der Waals surface area contributed by atoms with Crippen LogP contribution in [-0.2, 0) is 24.3 Å². The summed E-state index contributed by atoms with van der Waals surface area (Å²) in [4.78, 5) is 16.2. The molecule has 12 heteroatoms. The summed E-state index contributed by atoms with van der Waals surface area (Å²) in [6, 6.07) is 12.2. The molecule has 2 saturated carbocycles. The first-order valence-electron chi connectivity index (χ1n) is 11.3. The van der Waals surface area contributed by atoms with Crippen molar-refractivity contribution in [2.24, 2.45) is 17.0 Å². The first-order chi connectivity index (χ1) is 16.4. The van der Waals surface area contributed by atoms with Gasteiger partial charge in [0, 0.05) is 34.4 Å². The van der Waals surface area contributed by atoms with Gasteiger partial charge in [-0.3, -0.25) is 4.18 Å². The van der Waals surface area contributed by atoms with Crippen LogP contribution in [0.1, 0.15) is 19.3 Å². The zero-order valence-corrected chi connectivity index (χ0v) is 19.9. The van der Waals surface area contributed by atoms with Crippen LogP contribution in [0, 0.1) is 11.8 Å². The Hall–Kier alpha value is -2.22. The Kier molecular flexibility index (Phi) is 5.74. The molecule has 0 amide bonds. The number of aromatic nitrogens is 3. The Morgan fingerprint density at radius 1 is 1.21 bits per heavy atom. The number of nitrogens with zero attached hydrogens (tertiary/aromatic N) is 3. The second-order valence-electron chi connectivity index (χ2n) is 9.06. The van der Waals surface area contributed by atoms with E-state index in [-0.39, 0.29) is 30.8 Å². The Morgan fingerprint density at radius 2 is 2.06 bits per heavy atom. The monoisotopic (exact) mass is 503 g/mol. The van der Waals surface area contributed by atoms with Gasteiger partial charge in [0.2, 0.25) is 0 Å². The molecule has 1 aromatic carbocycles. The maximum Gasteiger partial charge on any atom is 0.333 e. The third-order valence-electron chi connectivity index (χ3n) is 6.47. The van der Waals surface area contributed by atoms with E-state index in [2.05, 4.69) is 34.6 Å². The van der Waals surface area contributed by atoms with Gasteiger partial charge in [-0.1, -0.05) is 12.1 Å². The molecule has 3 heterocycles. The van der Waals surface area contributed by atoms with Crippen molar-refractivity contribution in [2.45, 2.75) is 42.4 Å². The first kappa shape index (κ1) is 22.3. The van der Waals surface area contributed by atoms with Gasteiger partial charge in [-0.15, -0.1) is 11.8 Å². The highest BCUT2D eigenvalue weighted by Gasteiger charge is 2.53. The van der Waals surface area contributed by atoms with E-state index in [0.717, 1.165) is 28.6 Å². The van der Waals surface area contributed by atoms with Crippen molar-refractivity contribution in [2.75, 3.05) is 17.7 Å². The summed E-state index contributed by atoms with van der Waals surface area (Å²) in [5.41, 5.74) is 2.63. The first-order valence-corrected chi connectivity index (χ1v) is 13.7. The number of benzene rings is 1. The molecule has 34 heavy (non-hydrogen) atoms. The van der Waals surface area contributed by atoms with Gasteiger partial charge in [0.05, 0.1) is 18.3 Å². The summed E-state index contributed by atoms with van der Waals surface area (Å²) in [7, 11) is -4.01. The lowest BCUT2D eigenvalue weighted by Crippen LogP contribution is -2.49. The molecular formula is C22H25N5O5S2. The number of hydrogen-bond donors (Lipinski definition) is 2. The highest BCUT2D eigenvalue weighted by molar-refractivity contribution is 7.99. The normalized spacial score (nSPS) is 26.4. The number of hydrogen-bond acceptors (Lipinski definition) is 9. The molecule has 1 saturated heterocycles. The molecule has 3 aromatic rings. The van der Waals surface area contributed by atoms with E-state index in [0.29, 0.717) is 6.42 Å². The molecule has 180 valence electrons. The third kappa shape index (κ3) is 4.66. The number of fused-ring (bicyclic) bond motifs is 2. The van der Waals surface area contributed by atoms with Crippen molar-refractivity contribution in [3.05, 3.63) is 42.6 Å². The second kappa shape index (κ2) is 8.77. The predicted octanol–water partition coefficient (Wildman–Crippen LogP) is 2.62. The standard InChI is InChI=1S/C22H25N5O5S2/c23-34(28,29)30-11-15-9-18(22-21(15)31-32-22)25-19-6-7-24-20-10-17(26-27(19)20)14-2-1-3-16(8-14)33-12-13-4-5-13/h1-3,6-8,10,13,15,18,21-22,25H,4-5,9,11-12H2,(H2,23,28,29)/t15-,18-,21-,22+/m1/s1. The lowest BCUT2D eigenvalue weighted by Gasteiger charge is -2.34. The van der Waals surface area contributed by atoms with Gasteiger partial charge >= 0.3 is 10.3 Å². The van der Waals surface area contributed by atoms with Crippen molar-refractivity contribution in [3.63, 3.8) is 0 Å². The Labute approximate surface area is 201 Å². The van der Waals surface area contributed by atoms with Gasteiger partial charge in [-0.2, -0.15) is 18.0 Å². The second-order valence-corrected chi connectivity index (χ2v) is 11.4. The molecule has 3 fully saturated rings. The summed E-state index contributed by atoms with van der Waals surface area (Å²) >= 11 is 1.90.